The van der Waals surface area contributed by atoms with Crippen LogP contribution in [-0.2, 0) is 4.79 Å². The number of nitrogens with one attached hydrogen (secondary N) is 1. The highest BCUT2D eigenvalue weighted by Gasteiger charge is 2.19. The molecule has 6 nitrogen and oxygen atoms in total. The molecule has 0 atom stereocenters. The summed E-state index contributed by atoms with van der Waals surface area (Å²) in [5.41, 5.74) is 2.50. The number of nitro benzene ring substituents is 1. The zero-order valence-corrected chi connectivity index (χ0v) is 12.8. The van der Waals surface area contributed by atoms with E-state index in [2.05, 4.69) is 26.2 Å². The Kier molecular flexibility index (Phi) is 3.72. The van der Waals surface area contributed by atoms with E-state index in [0.717, 1.165) is 10.0 Å². The van der Waals surface area contributed by atoms with Gasteiger partial charge in [-0.25, -0.2) is 0 Å². The maximum Gasteiger partial charge on any atom is 0.270 e. The van der Waals surface area contributed by atoms with Crippen molar-refractivity contribution in [1.82, 2.24) is 0 Å². The van der Waals surface area contributed by atoms with Crippen LogP contribution in [0, 0.1) is 10.1 Å². The Morgan fingerprint density at radius 1 is 1.23 bits per heavy atom. The lowest BCUT2D eigenvalue weighted by atomic mass is 10.0. The molecule has 1 heterocycles. The minimum absolute atomic E-state index is 0.0136. The van der Waals surface area contributed by atoms with E-state index in [1.54, 1.807) is 18.2 Å². The molecule has 0 saturated carbocycles. The fourth-order valence-corrected chi connectivity index (χ4v) is 2.62. The van der Waals surface area contributed by atoms with Gasteiger partial charge in [-0.1, -0.05) is 28.1 Å². The average molecular weight is 360 g/mol. The lowest BCUT2D eigenvalue weighted by Crippen LogP contribution is -2.13. The molecule has 0 spiro atoms. The van der Waals surface area contributed by atoms with Crippen LogP contribution in [0.3, 0.4) is 0 Å². The monoisotopic (exact) mass is 359 g/mol. The van der Waals surface area contributed by atoms with Crippen molar-refractivity contribution in [1.29, 1.82) is 0 Å². The topological polar surface area (TPSA) is 84.6 Å². The van der Waals surface area contributed by atoms with Crippen molar-refractivity contribution in [3.05, 3.63) is 68.2 Å². The number of hydrogen-bond acceptors (Lipinski definition) is 4. The van der Waals surface area contributed by atoms with Gasteiger partial charge < -0.3 is 5.32 Å². The molecule has 1 aliphatic rings. The second-order valence-electron chi connectivity index (χ2n) is 4.71. The Hall–Kier alpha value is -2.54. The van der Waals surface area contributed by atoms with Crippen LogP contribution < -0.4 is 5.32 Å². The Balaban J connectivity index is 2.18. The Bertz CT molecular complexity index is 817. The number of anilines is 1. The van der Waals surface area contributed by atoms with Gasteiger partial charge in [-0.3, -0.25) is 19.9 Å². The summed E-state index contributed by atoms with van der Waals surface area (Å²) < 4.78 is 0.834. The van der Waals surface area contributed by atoms with E-state index < -0.39 is 4.92 Å². The summed E-state index contributed by atoms with van der Waals surface area (Å²) in [5, 5.41) is 13.7. The predicted octanol–water partition coefficient (Wildman–Crippen LogP) is 3.15. The normalized spacial score (nSPS) is 13.7. The molecule has 1 amide bonds. The van der Waals surface area contributed by atoms with Crippen molar-refractivity contribution >= 4 is 38.9 Å². The van der Waals surface area contributed by atoms with Crippen LogP contribution in [0.25, 0.3) is 0 Å². The summed E-state index contributed by atoms with van der Waals surface area (Å²) in [5.74, 6) is -0.219. The molecular weight excluding hydrogens is 350 g/mol. The number of nitro groups is 1. The molecule has 3 rings (SSSR count). The maximum absolute atomic E-state index is 11.7. The van der Waals surface area contributed by atoms with Crippen LogP contribution in [-0.4, -0.2) is 23.1 Å². The van der Waals surface area contributed by atoms with Crippen molar-refractivity contribution in [2.24, 2.45) is 4.99 Å². The average Bonchev–Trinajstić information content (AvgIpc) is 2.65. The first-order chi connectivity index (χ1) is 10.5. The van der Waals surface area contributed by atoms with Gasteiger partial charge in [-0.05, 0) is 18.2 Å². The Morgan fingerprint density at radius 3 is 2.82 bits per heavy atom. The van der Waals surface area contributed by atoms with E-state index in [1.807, 2.05) is 12.1 Å². The molecule has 0 unspecified atom stereocenters. The lowest BCUT2D eigenvalue weighted by molar-refractivity contribution is -0.384. The summed E-state index contributed by atoms with van der Waals surface area (Å²) in [7, 11) is 0. The third-order valence-electron chi connectivity index (χ3n) is 3.22. The van der Waals surface area contributed by atoms with Gasteiger partial charge in [0.15, 0.2) is 0 Å². The predicted molar refractivity (Wildman–Crippen MR) is 86.4 cm³/mol. The van der Waals surface area contributed by atoms with Gasteiger partial charge in [0.05, 0.1) is 16.3 Å². The van der Waals surface area contributed by atoms with Crippen molar-refractivity contribution in [2.75, 3.05) is 11.9 Å². The zero-order valence-electron chi connectivity index (χ0n) is 11.2. The molecule has 22 heavy (non-hydrogen) atoms. The van der Waals surface area contributed by atoms with Crippen molar-refractivity contribution in [3.63, 3.8) is 0 Å². The molecule has 0 radical (unpaired) electrons. The molecule has 2 aromatic rings. The first-order valence-electron chi connectivity index (χ1n) is 6.43. The number of carbonyl (C=O) groups is 1. The molecule has 1 aliphatic heterocycles. The molecule has 0 aromatic heterocycles. The number of non-ortho nitro benzene ring substituents is 1. The number of amides is 1. The van der Waals surface area contributed by atoms with Gasteiger partial charge in [-0.15, -0.1) is 0 Å². The molecule has 0 bridgehead atoms. The number of fused-ring (bicyclic) bond motifs is 1. The molecule has 0 fully saturated rings. The lowest BCUT2D eigenvalue weighted by Gasteiger charge is -2.10. The van der Waals surface area contributed by atoms with E-state index >= 15 is 0 Å². The number of aliphatic imine (C=N–C) groups is 1. The second-order valence-corrected chi connectivity index (χ2v) is 5.63. The van der Waals surface area contributed by atoms with Gasteiger partial charge in [0.25, 0.3) is 5.69 Å². The van der Waals surface area contributed by atoms with Crippen LogP contribution in [0.4, 0.5) is 11.4 Å². The molecule has 0 saturated heterocycles. The first-order valence-corrected chi connectivity index (χ1v) is 7.23. The molecule has 0 aliphatic carbocycles. The quantitative estimate of drug-likeness (QED) is 0.660. The number of hydrogen-bond donors (Lipinski definition) is 1. The third kappa shape index (κ3) is 2.75. The fraction of sp³-hybridized carbons (Fsp3) is 0.0667. The number of halogens is 1. The van der Waals surface area contributed by atoms with Gasteiger partial charge in [0.1, 0.15) is 6.54 Å². The highest BCUT2D eigenvalue weighted by Crippen LogP contribution is 2.27. The van der Waals surface area contributed by atoms with Crippen LogP contribution in [0.2, 0.25) is 0 Å². The van der Waals surface area contributed by atoms with Gasteiger partial charge in [-0.2, -0.15) is 0 Å². The highest BCUT2D eigenvalue weighted by molar-refractivity contribution is 9.10. The van der Waals surface area contributed by atoms with Gasteiger partial charge in [0, 0.05) is 27.7 Å². The minimum atomic E-state index is -0.452. The van der Waals surface area contributed by atoms with Gasteiger partial charge in [0.2, 0.25) is 5.91 Å². The number of benzodiazepines with no additional fused rings is 1. The van der Waals surface area contributed by atoms with E-state index in [9.17, 15) is 14.9 Å². The first kappa shape index (κ1) is 14.4. The number of rotatable bonds is 2. The van der Waals surface area contributed by atoms with Crippen LogP contribution in [0.5, 0.6) is 0 Å². The van der Waals surface area contributed by atoms with Crippen LogP contribution >= 0.6 is 15.9 Å². The van der Waals surface area contributed by atoms with E-state index in [0.29, 0.717) is 17.0 Å². The second kappa shape index (κ2) is 5.69. The largest absolute Gasteiger partial charge is 0.324 e. The number of carbonyl (C=O) groups excluding carboxylic acids is 1. The molecule has 7 heteroatoms. The SMILES string of the molecule is O=C1CN=C(c2cccc([N+](=O)[O-])c2)c2cc(Br)ccc2N1. The summed E-state index contributed by atoms with van der Waals surface area (Å²) in [6.45, 7) is -0.0235. The van der Waals surface area contributed by atoms with Crippen molar-refractivity contribution < 1.29 is 9.72 Å². The maximum atomic E-state index is 11.7. The zero-order chi connectivity index (χ0) is 15.7. The molecule has 1 N–H and O–H groups in total. The van der Waals surface area contributed by atoms with Crippen molar-refractivity contribution in [2.45, 2.75) is 0 Å². The molecular formula is C15H10BrN3O3. The summed E-state index contributed by atoms with van der Waals surface area (Å²) in [4.78, 5) is 26.6. The van der Waals surface area contributed by atoms with E-state index in [4.69, 9.17) is 0 Å². The summed E-state index contributed by atoms with van der Waals surface area (Å²) in [6.07, 6.45) is 0. The van der Waals surface area contributed by atoms with E-state index in [-0.39, 0.29) is 18.1 Å². The third-order valence-corrected chi connectivity index (χ3v) is 3.72. The van der Waals surface area contributed by atoms with Crippen molar-refractivity contribution in [3.8, 4) is 0 Å². The molecule has 110 valence electrons. The standard InChI is InChI=1S/C15H10BrN3O3/c16-10-4-5-13-12(7-10)15(17-8-14(20)18-13)9-2-1-3-11(6-9)19(21)22/h1-7H,8H2,(H,18,20). The van der Waals surface area contributed by atoms with Crippen LogP contribution in [0.1, 0.15) is 11.1 Å². The van der Waals surface area contributed by atoms with E-state index in [1.165, 1.54) is 12.1 Å². The minimum Gasteiger partial charge on any atom is -0.324 e. The summed E-state index contributed by atoms with van der Waals surface area (Å²) in [6, 6.07) is 11.6. The Labute approximate surface area is 134 Å². The fourth-order valence-electron chi connectivity index (χ4n) is 2.26. The van der Waals surface area contributed by atoms with Gasteiger partial charge >= 0.3 is 0 Å². The summed E-state index contributed by atoms with van der Waals surface area (Å²) >= 11 is 3.39. The highest BCUT2D eigenvalue weighted by atomic mass is 79.9. The smallest absolute Gasteiger partial charge is 0.270 e. The molecule has 2 aromatic carbocycles. The number of benzene rings is 2. The Morgan fingerprint density at radius 2 is 2.05 bits per heavy atom. The van der Waals surface area contributed by atoms with Crippen LogP contribution in [0.15, 0.2) is 51.9 Å². The number of nitrogens with zero attached hydrogens (tertiary/aromatic N) is 2.